The van der Waals surface area contributed by atoms with Crippen molar-refractivity contribution in [1.82, 2.24) is 4.72 Å². The molecule has 0 bridgehead atoms. The molecular formula is C23H20F3N3O4S. The lowest BCUT2D eigenvalue weighted by molar-refractivity contribution is -0.137. The van der Waals surface area contributed by atoms with Crippen molar-refractivity contribution in [3.63, 3.8) is 0 Å². The van der Waals surface area contributed by atoms with E-state index in [1.807, 2.05) is 0 Å². The minimum atomic E-state index is -4.54. The number of hydrogen-bond acceptors (Lipinski definition) is 4. The third-order valence-corrected chi connectivity index (χ3v) is 6.03. The number of rotatable bonds is 8. The Hall–Kier alpha value is -3.70. The molecule has 0 spiro atoms. The van der Waals surface area contributed by atoms with Crippen molar-refractivity contribution in [2.75, 3.05) is 17.2 Å². The molecule has 0 fully saturated rings. The first kappa shape index (κ1) is 24.9. The van der Waals surface area contributed by atoms with E-state index in [0.717, 1.165) is 12.1 Å². The highest BCUT2D eigenvalue weighted by atomic mass is 32.2. The molecule has 0 aliphatic heterocycles. The van der Waals surface area contributed by atoms with Gasteiger partial charge in [-0.3, -0.25) is 9.59 Å². The van der Waals surface area contributed by atoms with Crippen LogP contribution in [0.3, 0.4) is 0 Å². The van der Waals surface area contributed by atoms with Crippen LogP contribution in [0.25, 0.3) is 0 Å². The number of anilines is 2. The van der Waals surface area contributed by atoms with Gasteiger partial charge in [-0.2, -0.15) is 13.2 Å². The molecule has 0 aliphatic rings. The average Bonchev–Trinajstić information content (AvgIpc) is 2.79. The molecule has 0 unspecified atom stereocenters. The van der Waals surface area contributed by atoms with E-state index in [4.69, 9.17) is 0 Å². The fourth-order valence-electron chi connectivity index (χ4n) is 2.92. The molecule has 0 heterocycles. The molecule has 0 saturated heterocycles. The fourth-order valence-corrected chi connectivity index (χ4v) is 3.97. The van der Waals surface area contributed by atoms with Gasteiger partial charge in [-0.15, -0.1) is 0 Å². The van der Waals surface area contributed by atoms with Crippen molar-refractivity contribution in [2.45, 2.75) is 17.5 Å². The van der Waals surface area contributed by atoms with Gasteiger partial charge in [0.05, 0.1) is 10.5 Å². The standard InChI is InChI=1S/C23H20F3N3O4S/c24-23(25,26)17-7-5-9-19(15-17)29-22(31)16-6-4-8-18(14-16)28-21(30)12-13-27-34(32,33)20-10-2-1-3-11-20/h1-11,14-15,27H,12-13H2,(H,28,30)(H,29,31). The van der Waals surface area contributed by atoms with Gasteiger partial charge in [0.25, 0.3) is 5.91 Å². The first-order valence-electron chi connectivity index (χ1n) is 9.98. The zero-order valence-electron chi connectivity index (χ0n) is 17.6. The number of hydrogen-bond donors (Lipinski definition) is 3. The molecule has 2 amide bonds. The quantitative estimate of drug-likeness (QED) is 0.438. The van der Waals surface area contributed by atoms with Gasteiger partial charge in [-0.25, -0.2) is 13.1 Å². The number of halogens is 3. The smallest absolute Gasteiger partial charge is 0.326 e. The zero-order chi connectivity index (χ0) is 24.8. The maximum Gasteiger partial charge on any atom is 0.416 e. The summed E-state index contributed by atoms with van der Waals surface area (Å²) in [6, 6.07) is 17.7. The number of alkyl halides is 3. The molecule has 11 heteroatoms. The van der Waals surface area contributed by atoms with Crippen LogP contribution in [0.1, 0.15) is 22.3 Å². The molecule has 3 N–H and O–H groups in total. The molecule has 3 rings (SSSR count). The molecule has 0 atom stereocenters. The predicted molar refractivity (Wildman–Crippen MR) is 121 cm³/mol. The Morgan fingerprint density at radius 3 is 2.12 bits per heavy atom. The van der Waals surface area contributed by atoms with Crippen LogP contribution in [0, 0.1) is 0 Å². The number of benzene rings is 3. The largest absolute Gasteiger partial charge is 0.416 e. The maximum absolute atomic E-state index is 12.9. The van der Waals surface area contributed by atoms with E-state index >= 15 is 0 Å². The van der Waals surface area contributed by atoms with E-state index in [9.17, 15) is 31.2 Å². The van der Waals surface area contributed by atoms with E-state index in [1.54, 1.807) is 18.2 Å². The molecule has 7 nitrogen and oxygen atoms in total. The molecule has 3 aromatic rings. The normalized spacial score (nSPS) is 11.6. The Morgan fingerprint density at radius 2 is 1.44 bits per heavy atom. The van der Waals surface area contributed by atoms with Crippen molar-refractivity contribution >= 4 is 33.2 Å². The minimum Gasteiger partial charge on any atom is -0.326 e. The van der Waals surface area contributed by atoms with Gasteiger partial charge in [0, 0.05) is 29.9 Å². The van der Waals surface area contributed by atoms with Crippen LogP contribution < -0.4 is 15.4 Å². The van der Waals surface area contributed by atoms with E-state index in [-0.39, 0.29) is 34.8 Å². The summed E-state index contributed by atoms with van der Waals surface area (Å²) in [6.45, 7) is -0.140. The second-order valence-electron chi connectivity index (χ2n) is 7.12. The van der Waals surface area contributed by atoms with Gasteiger partial charge in [-0.1, -0.05) is 30.3 Å². The fraction of sp³-hybridized carbons (Fsp3) is 0.130. The van der Waals surface area contributed by atoms with Crippen LogP contribution in [-0.4, -0.2) is 26.8 Å². The van der Waals surface area contributed by atoms with Crippen LogP contribution >= 0.6 is 0 Å². The lowest BCUT2D eigenvalue weighted by atomic mass is 10.1. The van der Waals surface area contributed by atoms with E-state index in [2.05, 4.69) is 15.4 Å². The third-order valence-electron chi connectivity index (χ3n) is 4.55. The highest BCUT2D eigenvalue weighted by Gasteiger charge is 2.30. The first-order valence-corrected chi connectivity index (χ1v) is 11.5. The molecule has 178 valence electrons. The van der Waals surface area contributed by atoms with Crippen molar-refractivity contribution in [3.05, 3.63) is 90.0 Å². The maximum atomic E-state index is 12.9. The second-order valence-corrected chi connectivity index (χ2v) is 8.89. The van der Waals surface area contributed by atoms with Crippen LogP contribution in [0.2, 0.25) is 0 Å². The zero-order valence-corrected chi connectivity index (χ0v) is 18.4. The monoisotopic (exact) mass is 491 g/mol. The van der Waals surface area contributed by atoms with Crippen LogP contribution in [-0.2, 0) is 21.0 Å². The van der Waals surface area contributed by atoms with Crippen molar-refractivity contribution in [2.24, 2.45) is 0 Å². The molecule has 3 aromatic carbocycles. The highest BCUT2D eigenvalue weighted by molar-refractivity contribution is 7.89. The summed E-state index contributed by atoms with van der Waals surface area (Å²) in [4.78, 5) is 24.7. The van der Waals surface area contributed by atoms with Crippen LogP contribution in [0.4, 0.5) is 24.5 Å². The van der Waals surface area contributed by atoms with Gasteiger partial charge in [0.1, 0.15) is 0 Å². The Kier molecular flexibility index (Phi) is 7.69. The summed E-state index contributed by atoms with van der Waals surface area (Å²) in [5.74, 6) is -1.16. The van der Waals surface area contributed by atoms with E-state index in [0.29, 0.717) is 0 Å². The third kappa shape index (κ3) is 6.90. The topological polar surface area (TPSA) is 104 Å². The van der Waals surface area contributed by atoms with Crippen molar-refractivity contribution in [1.29, 1.82) is 0 Å². The number of carbonyl (C=O) groups excluding carboxylic acids is 2. The summed E-state index contributed by atoms with van der Waals surface area (Å²) < 4.78 is 65.2. The molecular weight excluding hydrogens is 471 g/mol. The van der Waals surface area contributed by atoms with Gasteiger partial charge in [-0.05, 0) is 48.5 Å². The summed E-state index contributed by atoms with van der Waals surface area (Å²) >= 11 is 0. The lowest BCUT2D eigenvalue weighted by Gasteiger charge is -2.11. The average molecular weight is 491 g/mol. The van der Waals surface area contributed by atoms with Crippen molar-refractivity contribution < 1.29 is 31.2 Å². The van der Waals surface area contributed by atoms with Gasteiger partial charge >= 0.3 is 6.18 Å². The Bertz CT molecular complexity index is 1280. The Morgan fingerprint density at radius 1 is 0.794 bits per heavy atom. The number of carbonyl (C=O) groups is 2. The summed E-state index contributed by atoms with van der Waals surface area (Å²) in [6.07, 6.45) is -4.70. The molecule has 0 saturated carbocycles. The molecule has 0 radical (unpaired) electrons. The molecule has 0 aliphatic carbocycles. The Labute approximate surface area is 194 Å². The van der Waals surface area contributed by atoms with E-state index < -0.39 is 33.6 Å². The van der Waals surface area contributed by atoms with Crippen molar-refractivity contribution in [3.8, 4) is 0 Å². The first-order chi connectivity index (χ1) is 16.0. The van der Waals surface area contributed by atoms with Gasteiger partial charge < -0.3 is 10.6 Å². The highest BCUT2D eigenvalue weighted by Crippen LogP contribution is 2.30. The van der Waals surface area contributed by atoms with Gasteiger partial charge in [0.2, 0.25) is 15.9 Å². The molecule has 0 aromatic heterocycles. The van der Waals surface area contributed by atoms with Crippen LogP contribution in [0.5, 0.6) is 0 Å². The Balaban J connectivity index is 1.57. The second kappa shape index (κ2) is 10.5. The van der Waals surface area contributed by atoms with Gasteiger partial charge in [0.15, 0.2) is 0 Å². The number of sulfonamides is 1. The summed E-state index contributed by atoms with van der Waals surface area (Å²) in [7, 11) is -3.74. The predicted octanol–water partition coefficient (Wildman–Crippen LogP) is 4.26. The van der Waals surface area contributed by atoms with E-state index in [1.165, 1.54) is 48.5 Å². The minimum absolute atomic E-state index is 0.0278. The summed E-state index contributed by atoms with van der Waals surface area (Å²) in [5.41, 5.74) is -0.540. The van der Waals surface area contributed by atoms with Crippen LogP contribution in [0.15, 0.2) is 83.8 Å². The summed E-state index contributed by atoms with van der Waals surface area (Å²) in [5, 5.41) is 4.94. The number of nitrogens with one attached hydrogen (secondary N) is 3. The number of amides is 2. The lowest BCUT2D eigenvalue weighted by Crippen LogP contribution is -2.27. The molecule has 34 heavy (non-hydrogen) atoms. The SMILES string of the molecule is O=C(CCNS(=O)(=O)c1ccccc1)Nc1cccc(C(=O)Nc2cccc(C(F)(F)F)c2)c1.